The molecule has 1 fully saturated rings. The zero-order valence-electron chi connectivity index (χ0n) is 19.1. The molecule has 1 saturated carbocycles. The molecule has 1 atom stereocenters. The van der Waals surface area contributed by atoms with E-state index in [4.69, 9.17) is 4.42 Å². The van der Waals surface area contributed by atoms with E-state index in [2.05, 4.69) is 21.0 Å². The molecule has 3 aromatic heterocycles. The van der Waals surface area contributed by atoms with Crippen molar-refractivity contribution in [2.24, 2.45) is 0 Å². The number of aromatic nitrogens is 3. The molecule has 13 heteroatoms. The Labute approximate surface area is 211 Å². The minimum atomic E-state index is -4.94. The first kappa shape index (κ1) is 25.0. The second-order valence-electron chi connectivity index (χ2n) is 8.46. The third-order valence-corrected chi connectivity index (χ3v) is 8.95. The van der Waals surface area contributed by atoms with E-state index >= 15 is 0 Å². The van der Waals surface area contributed by atoms with Crippen molar-refractivity contribution in [2.45, 2.75) is 40.5 Å². The summed E-state index contributed by atoms with van der Waals surface area (Å²) in [4.78, 5) is 12.1. The molecule has 0 spiro atoms. The summed E-state index contributed by atoms with van der Waals surface area (Å²) < 4.78 is 81.8. The summed E-state index contributed by atoms with van der Waals surface area (Å²) in [5.41, 5.74) is -3.86. The fraction of sp³-hybridized carbons (Fsp3) is 0.250. The van der Waals surface area contributed by atoms with Crippen LogP contribution in [0, 0.1) is 11.3 Å². The number of rotatable bonds is 6. The smallest absolute Gasteiger partial charge is 0.435 e. The van der Waals surface area contributed by atoms with Gasteiger partial charge in [0.1, 0.15) is 11.2 Å². The fourth-order valence-corrected chi connectivity index (χ4v) is 5.54. The van der Waals surface area contributed by atoms with Gasteiger partial charge in [-0.25, -0.2) is 22.6 Å². The number of oxazole rings is 1. The minimum Gasteiger partial charge on any atom is -0.435 e. The number of alkyl halides is 3. The standard InChI is InChI=1S/C24H17F3N4O4S2/c1-2-37(33,34)19-9-15(14-3-6-20(29-11-14)23(13-28)7-8-23)12-30-21(19)22-31-17-10-16(4-5-18(17)35-22)36(32)24(25,26)27/h3-6,9-12H,2,7-8H2,1H3. The lowest BCUT2D eigenvalue weighted by molar-refractivity contribution is -0.0384. The number of hydrogen-bond donors (Lipinski definition) is 0. The van der Waals surface area contributed by atoms with Gasteiger partial charge in [0.2, 0.25) is 5.89 Å². The van der Waals surface area contributed by atoms with Crippen LogP contribution in [0.5, 0.6) is 0 Å². The number of pyridine rings is 2. The molecule has 0 amide bonds. The maximum Gasteiger partial charge on any atom is 0.475 e. The van der Waals surface area contributed by atoms with Gasteiger partial charge >= 0.3 is 5.51 Å². The first-order valence-electron chi connectivity index (χ1n) is 11.0. The highest BCUT2D eigenvalue weighted by molar-refractivity contribution is 7.91. The molecule has 0 N–H and O–H groups in total. The molecule has 4 aromatic rings. The van der Waals surface area contributed by atoms with Gasteiger partial charge in [-0.1, -0.05) is 13.0 Å². The maximum absolute atomic E-state index is 13.0. The molecule has 0 radical (unpaired) electrons. The predicted molar refractivity (Wildman–Crippen MR) is 127 cm³/mol. The van der Waals surface area contributed by atoms with E-state index in [1.807, 2.05) is 0 Å². The molecule has 1 aliphatic carbocycles. The number of halogens is 3. The van der Waals surface area contributed by atoms with Gasteiger partial charge in [0.15, 0.2) is 26.2 Å². The zero-order chi connectivity index (χ0) is 26.6. The lowest BCUT2D eigenvalue weighted by Crippen LogP contribution is -2.16. The van der Waals surface area contributed by atoms with Crippen LogP contribution in [-0.4, -0.2) is 38.8 Å². The van der Waals surface area contributed by atoms with Gasteiger partial charge < -0.3 is 4.42 Å². The lowest BCUT2D eigenvalue weighted by Gasteiger charge is -2.10. The van der Waals surface area contributed by atoms with Gasteiger partial charge in [-0.05, 0) is 43.2 Å². The van der Waals surface area contributed by atoms with E-state index < -0.39 is 36.5 Å². The number of nitrogens with zero attached hydrogens (tertiary/aromatic N) is 4. The van der Waals surface area contributed by atoms with Crippen LogP contribution in [0.1, 0.15) is 25.5 Å². The number of sulfone groups is 1. The average molecular weight is 547 g/mol. The largest absolute Gasteiger partial charge is 0.475 e. The van der Waals surface area contributed by atoms with E-state index in [0.29, 0.717) is 16.8 Å². The highest BCUT2D eigenvalue weighted by Crippen LogP contribution is 2.46. The van der Waals surface area contributed by atoms with Gasteiger partial charge in [0, 0.05) is 23.5 Å². The van der Waals surface area contributed by atoms with Crippen molar-refractivity contribution in [2.75, 3.05) is 5.75 Å². The molecule has 3 heterocycles. The van der Waals surface area contributed by atoms with Crippen LogP contribution in [0.4, 0.5) is 13.2 Å². The molecule has 0 aliphatic heterocycles. The minimum absolute atomic E-state index is 0.0258. The van der Waals surface area contributed by atoms with Crippen LogP contribution >= 0.6 is 0 Å². The zero-order valence-corrected chi connectivity index (χ0v) is 20.7. The average Bonchev–Trinajstić information content (AvgIpc) is 3.58. The summed E-state index contributed by atoms with van der Waals surface area (Å²) in [6.07, 6.45) is 4.44. The van der Waals surface area contributed by atoms with Crippen molar-refractivity contribution in [3.8, 4) is 28.8 Å². The molecular formula is C24H17F3N4O4S2. The topological polar surface area (TPSA) is 127 Å². The highest BCUT2D eigenvalue weighted by atomic mass is 32.2. The Hall–Kier alpha value is -3.63. The van der Waals surface area contributed by atoms with Gasteiger partial charge in [-0.3, -0.25) is 4.98 Å². The monoisotopic (exact) mass is 546 g/mol. The SMILES string of the molecule is CCS(=O)(=O)c1cc(-c2ccc(C3(C#N)CC3)nc2)cnc1-c1nc2cc(S(=O)C(F)(F)F)ccc2o1. The Balaban J connectivity index is 1.57. The summed E-state index contributed by atoms with van der Waals surface area (Å²) >= 11 is 0. The van der Waals surface area contributed by atoms with E-state index in [0.717, 1.165) is 25.0 Å². The fourth-order valence-electron chi connectivity index (χ4n) is 3.81. The Morgan fingerprint density at radius 1 is 1.11 bits per heavy atom. The third-order valence-electron chi connectivity index (χ3n) is 6.10. The van der Waals surface area contributed by atoms with Gasteiger partial charge in [-0.15, -0.1) is 0 Å². The summed E-state index contributed by atoms with van der Waals surface area (Å²) in [7, 11) is -7.09. The molecule has 37 heavy (non-hydrogen) atoms. The summed E-state index contributed by atoms with van der Waals surface area (Å²) in [5.74, 6) is -0.455. The van der Waals surface area contributed by atoms with E-state index in [1.165, 1.54) is 25.3 Å². The van der Waals surface area contributed by atoms with Crippen molar-refractivity contribution >= 4 is 31.7 Å². The molecule has 8 nitrogen and oxygen atoms in total. The van der Waals surface area contributed by atoms with Gasteiger partial charge in [-0.2, -0.15) is 18.4 Å². The van der Waals surface area contributed by atoms with Crippen LogP contribution in [0.15, 0.2) is 63.0 Å². The summed E-state index contributed by atoms with van der Waals surface area (Å²) in [6, 6.07) is 10.3. The van der Waals surface area contributed by atoms with Crippen LogP contribution in [0.2, 0.25) is 0 Å². The van der Waals surface area contributed by atoms with E-state index in [-0.39, 0.29) is 33.3 Å². The molecule has 5 rings (SSSR count). The van der Waals surface area contributed by atoms with Crippen LogP contribution < -0.4 is 0 Å². The summed E-state index contributed by atoms with van der Waals surface area (Å²) in [5, 5.41) is 9.37. The molecule has 1 aromatic carbocycles. The molecule has 1 aliphatic rings. The Kier molecular flexibility index (Phi) is 5.91. The Morgan fingerprint density at radius 3 is 2.43 bits per heavy atom. The first-order valence-corrected chi connectivity index (χ1v) is 13.8. The highest BCUT2D eigenvalue weighted by Gasteiger charge is 2.46. The number of fused-ring (bicyclic) bond motifs is 1. The summed E-state index contributed by atoms with van der Waals surface area (Å²) in [6.45, 7) is 1.46. The normalized spacial score (nSPS) is 15.9. The third kappa shape index (κ3) is 4.51. The second-order valence-corrected chi connectivity index (χ2v) is 12.2. The number of benzene rings is 1. The molecule has 190 valence electrons. The van der Waals surface area contributed by atoms with Crippen molar-refractivity contribution in [3.05, 3.63) is 54.5 Å². The first-order chi connectivity index (χ1) is 17.5. The predicted octanol–water partition coefficient (Wildman–Crippen LogP) is 4.93. The van der Waals surface area contributed by atoms with Crippen molar-refractivity contribution in [3.63, 3.8) is 0 Å². The maximum atomic E-state index is 13.0. The number of nitriles is 1. The van der Waals surface area contributed by atoms with Crippen molar-refractivity contribution < 1.29 is 30.2 Å². The van der Waals surface area contributed by atoms with E-state index in [1.54, 1.807) is 18.3 Å². The molecule has 0 saturated heterocycles. The van der Waals surface area contributed by atoms with Crippen LogP contribution in [0.3, 0.4) is 0 Å². The van der Waals surface area contributed by atoms with E-state index in [9.17, 15) is 31.1 Å². The van der Waals surface area contributed by atoms with Crippen LogP contribution in [0.25, 0.3) is 33.8 Å². The Morgan fingerprint density at radius 2 is 1.84 bits per heavy atom. The Bertz CT molecular complexity index is 1700. The van der Waals surface area contributed by atoms with Crippen molar-refractivity contribution in [1.82, 2.24) is 15.0 Å². The van der Waals surface area contributed by atoms with Crippen LogP contribution in [-0.2, 0) is 26.1 Å². The molecular weight excluding hydrogens is 529 g/mol. The van der Waals surface area contributed by atoms with Gasteiger partial charge in [0.25, 0.3) is 0 Å². The molecule has 1 unspecified atom stereocenters. The second kappa shape index (κ2) is 8.74. The lowest BCUT2D eigenvalue weighted by atomic mass is 10.0. The van der Waals surface area contributed by atoms with Crippen molar-refractivity contribution in [1.29, 1.82) is 5.26 Å². The quantitative estimate of drug-likeness (QED) is 0.333. The molecule has 0 bridgehead atoms. The number of hydrogen-bond acceptors (Lipinski definition) is 8. The van der Waals surface area contributed by atoms with Gasteiger partial charge in [0.05, 0.1) is 32.7 Å².